The maximum absolute atomic E-state index is 6.28. The predicted octanol–water partition coefficient (Wildman–Crippen LogP) is 13.2. The second kappa shape index (κ2) is 11.8. The summed E-state index contributed by atoms with van der Waals surface area (Å²) in [7, 11) is 0. The van der Waals surface area contributed by atoms with E-state index in [0.29, 0.717) is 0 Å². The summed E-state index contributed by atoms with van der Waals surface area (Å²) in [6.45, 7) is 0. The fraction of sp³-hybridized carbons (Fsp3) is 0. The molecule has 48 heavy (non-hydrogen) atoms. The summed E-state index contributed by atoms with van der Waals surface area (Å²) < 4.78 is 6.28. The van der Waals surface area contributed by atoms with Crippen LogP contribution in [-0.2, 0) is 0 Å². The SMILES string of the molecule is c1ccc(-c2ccccc2N(c2ccc3oc4ccccc4c3c2)c2cc(-c3cccc4ccccc34)ccc2-c2ccccc2)cc1. The molecule has 9 aromatic rings. The van der Waals surface area contributed by atoms with Crippen molar-refractivity contribution in [1.29, 1.82) is 0 Å². The molecule has 226 valence electrons. The van der Waals surface area contributed by atoms with Crippen LogP contribution in [0.4, 0.5) is 17.1 Å². The highest BCUT2D eigenvalue weighted by Gasteiger charge is 2.22. The monoisotopic (exact) mass is 613 g/mol. The molecule has 0 spiro atoms. The second-order valence-electron chi connectivity index (χ2n) is 12.1. The Morgan fingerprint density at radius 2 is 0.938 bits per heavy atom. The lowest BCUT2D eigenvalue weighted by molar-refractivity contribution is 0.669. The highest BCUT2D eigenvalue weighted by atomic mass is 16.3. The van der Waals surface area contributed by atoms with Gasteiger partial charge in [-0.25, -0.2) is 0 Å². The molecule has 0 aliphatic rings. The van der Waals surface area contributed by atoms with E-state index in [9.17, 15) is 0 Å². The molecule has 1 heterocycles. The van der Waals surface area contributed by atoms with Crippen LogP contribution in [0.3, 0.4) is 0 Å². The van der Waals surface area contributed by atoms with Crippen LogP contribution in [0, 0.1) is 0 Å². The lowest BCUT2D eigenvalue weighted by Crippen LogP contribution is -2.12. The van der Waals surface area contributed by atoms with Gasteiger partial charge in [0.05, 0.1) is 11.4 Å². The summed E-state index contributed by atoms with van der Waals surface area (Å²) in [6.07, 6.45) is 0. The molecule has 0 bridgehead atoms. The van der Waals surface area contributed by atoms with Crippen LogP contribution in [0.1, 0.15) is 0 Å². The average molecular weight is 614 g/mol. The van der Waals surface area contributed by atoms with Crippen molar-refractivity contribution < 1.29 is 4.42 Å². The van der Waals surface area contributed by atoms with Crippen LogP contribution in [-0.4, -0.2) is 0 Å². The highest BCUT2D eigenvalue weighted by Crippen LogP contribution is 2.47. The Bertz CT molecular complexity index is 2560. The van der Waals surface area contributed by atoms with Crippen molar-refractivity contribution in [3.63, 3.8) is 0 Å². The summed E-state index contributed by atoms with van der Waals surface area (Å²) in [6, 6.07) is 67.1. The molecule has 0 amide bonds. The second-order valence-corrected chi connectivity index (χ2v) is 12.1. The quantitative estimate of drug-likeness (QED) is 0.185. The fourth-order valence-corrected chi connectivity index (χ4v) is 7.01. The number of hydrogen-bond acceptors (Lipinski definition) is 2. The first-order valence-electron chi connectivity index (χ1n) is 16.4. The van der Waals surface area contributed by atoms with Gasteiger partial charge in [0, 0.05) is 27.6 Å². The molecule has 2 nitrogen and oxygen atoms in total. The summed E-state index contributed by atoms with van der Waals surface area (Å²) >= 11 is 0. The molecule has 0 N–H and O–H groups in total. The molecule has 2 heteroatoms. The minimum atomic E-state index is 0.879. The van der Waals surface area contributed by atoms with E-state index in [1.807, 2.05) is 12.1 Å². The van der Waals surface area contributed by atoms with Crippen LogP contribution in [0.5, 0.6) is 0 Å². The van der Waals surface area contributed by atoms with Gasteiger partial charge in [-0.3, -0.25) is 0 Å². The molecule has 0 saturated heterocycles. The molecule has 0 aliphatic heterocycles. The molecule has 0 unspecified atom stereocenters. The molecule has 9 rings (SSSR count). The van der Waals surface area contributed by atoms with Gasteiger partial charge < -0.3 is 9.32 Å². The van der Waals surface area contributed by atoms with Crippen molar-refractivity contribution >= 4 is 49.8 Å². The third-order valence-corrected chi connectivity index (χ3v) is 9.27. The fourth-order valence-electron chi connectivity index (χ4n) is 7.01. The van der Waals surface area contributed by atoms with Gasteiger partial charge >= 0.3 is 0 Å². The third-order valence-electron chi connectivity index (χ3n) is 9.27. The zero-order chi connectivity index (χ0) is 31.9. The maximum atomic E-state index is 6.28. The summed E-state index contributed by atoms with van der Waals surface area (Å²) in [5.41, 5.74) is 12.0. The summed E-state index contributed by atoms with van der Waals surface area (Å²) in [4.78, 5) is 2.43. The first-order valence-corrected chi connectivity index (χ1v) is 16.4. The Morgan fingerprint density at radius 1 is 0.333 bits per heavy atom. The number of benzene rings is 8. The Kier molecular flexibility index (Phi) is 6.84. The predicted molar refractivity (Wildman–Crippen MR) is 202 cm³/mol. The van der Waals surface area contributed by atoms with Crippen LogP contribution in [0.25, 0.3) is 66.1 Å². The minimum Gasteiger partial charge on any atom is -0.456 e. The van der Waals surface area contributed by atoms with E-state index in [-0.39, 0.29) is 0 Å². The van der Waals surface area contributed by atoms with Gasteiger partial charge in [-0.05, 0) is 69.4 Å². The summed E-state index contributed by atoms with van der Waals surface area (Å²) in [5, 5.41) is 4.67. The molecule has 0 saturated carbocycles. The van der Waals surface area contributed by atoms with Gasteiger partial charge in [-0.2, -0.15) is 0 Å². The number of rotatable bonds is 6. The van der Waals surface area contributed by atoms with Gasteiger partial charge in [0.25, 0.3) is 0 Å². The van der Waals surface area contributed by atoms with Gasteiger partial charge in [0.2, 0.25) is 0 Å². The van der Waals surface area contributed by atoms with Crippen molar-refractivity contribution in [2.24, 2.45) is 0 Å². The van der Waals surface area contributed by atoms with E-state index in [1.54, 1.807) is 0 Å². The van der Waals surface area contributed by atoms with E-state index in [4.69, 9.17) is 4.42 Å². The Labute approximate surface area is 279 Å². The average Bonchev–Trinajstić information content (AvgIpc) is 3.54. The zero-order valence-corrected chi connectivity index (χ0v) is 26.3. The molecular weight excluding hydrogens is 583 g/mol. The van der Waals surface area contributed by atoms with Crippen molar-refractivity contribution in [1.82, 2.24) is 0 Å². The number of anilines is 3. The van der Waals surface area contributed by atoms with Crippen molar-refractivity contribution in [2.75, 3.05) is 4.90 Å². The van der Waals surface area contributed by atoms with Crippen molar-refractivity contribution in [3.8, 4) is 33.4 Å². The van der Waals surface area contributed by atoms with Gasteiger partial charge in [0.15, 0.2) is 0 Å². The Morgan fingerprint density at radius 3 is 1.75 bits per heavy atom. The molecular formula is C46H31NO. The largest absolute Gasteiger partial charge is 0.456 e. The Balaban J connectivity index is 1.37. The number of fused-ring (bicyclic) bond motifs is 4. The topological polar surface area (TPSA) is 16.4 Å². The molecule has 0 aliphatic carbocycles. The van der Waals surface area contributed by atoms with Crippen LogP contribution < -0.4 is 4.90 Å². The number of nitrogens with zero attached hydrogens (tertiary/aromatic N) is 1. The maximum Gasteiger partial charge on any atom is 0.135 e. The zero-order valence-electron chi connectivity index (χ0n) is 26.3. The van der Waals surface area contributed by atoms with Crippen molar-refractivity contribution in [3.05, 3.63) is 188 Å². The Hall–Kier alpha value is -6.38. The molecule has 1 aromatic heterocycles. The van der Waals surface area contributed by atoms with Crippen molar-refractivity contribution in [2.45, 2.75) is 0 Å². The normalized spacial score (nSPS) is 11.3. The van der Waals surface area contributed by atoms with E-state index in [0.717, 1.165) is 55.7 Å². The number of hydrogen-bond donors (Lipinski definition) is 0. The molecule has 0 fully saturated rings. The van der Waals surface area contributed by atoms with E-state index in [1.165, 1.54) is 27.5 Å². The van der Waals surface area contributed by atoms with Gasteiger partial charge in [-0.15, -0.1) is 0 Å². The van der Waals surface area contributed by atoms with Gasteiger partial charge in [0.1, 0.15) is 11.2 Å². The number of furan rings is 1. The highest BCUT2D eigenvalue weighted by molar-refractivity contribution is 6.07. The molecule has 0 radical (unpaired) electrons. The minimum absolute atomic E-state index is 0.879. The first-order chi connectivity index (χ1) is 23.8. The summed E-state index contributed by atoms with van der Waals surface area (Å²) in [5.74, 6) is 0. The number of para-hydroxylation sites is 2. The third kappa shape index (κ3) is 4.83. The van der Waals surface area contributed by atoms with E-state index < -0.39 is 0 Å². The smallest absolute Gasteiger partial charge is 0.135 e. The first kappa shape index (κ1) is 27.9. The van der Waals surface area contributed by atoms with Crippen LogP contribution >= 0.6 is 0 Å². The van der Waals surface area contributed by atoms with E-state index in [2.05, 4.69) is 181 Å². The van der Waals surface area contributed by atoms with E-state index >= 15 is 0 Å². The van der Waals surface area contributed by atoms with Gasteiger partial charge in [-0.1, -0.05) is 152 Å². The standard InChI is InChI=1S/C46H31NO/c1-3-14-33(15-4-1)39-21-9-11-24-43(39)47(36-27-29-46-42(31-36)41-22-10-12-25-45(41)48-46)44-30-35(26-28-40(44)34-16-5-2-6-17-34)38-23-13-19-32-18-7-8-20-37(32)38/h1-31H. The lowest BCUT2D eigenvalue weighted by atomic mass is 9.93. The van der Waals surface area contributed by atoms with Crippen LogP contribution in [0.15, 0.2) is 192 Å². The molecule has 0 atom stereocenters. The lowest BCUT2D eigenvalue weighted by Gasteiger charge is -2.30. The van der Waals surface area contributed by atoms with Crippen LogP contribution in [0.2, 0.25) is 0 Å². The molecule has 8 aromatic carbocycles.